The smallest absolute Gasteiger partial charge is 0.249 e. The van der Waals surface area contributed by atoms with E-state index in [0.29, 0.717) is 6.42 Å². The Morgan fingerprint density at radius 3 is 2.19 bits per heavy atom. The van der Waals surface area contributed by atoms with Crippen LogP contribution in [0.25, 0.3) is 0 Å². The quantitative estimate of drug-likeness (QED) is 0.196. The molecule has 0 aromatic carbocycles. The van der Waals surface area contributed by atoms with Gasteiger partial charge in [0.2, 0.25) is 23.6 Å². The van der Waals surface area contributed by atoms with Crippen molar-refractivity contribution in [3.8, 4) is 0 Å². The molecule has 1 fully saturated rings. The maximum Gasteiger partial charge on any atom is 0.249 e. The monoisotopic (exact) mass is 459 g/mol. The molecule has 4 atom stereocenters. The summed E-state index contributed by atoms with van der Waals surface area (Å²) in [6.07, 6.45) is 0.334. The van der Waals surface area contributed by atoms with Gasteiger partial charge in [-0.15, -0.1) is 11.8 Å². The number of nitrogens with one attached hydrogen (secondary N) is 5. The van der Waals surface area contributed by atoms with Crippen LogP contribution in [-0.2, 0) is 19.2 Å². The highest BCUT2D eigenvalue weighted by Gasteiger charge is 2.39. The molecule has 6 N–H and O–H groups in total. The summed E-state index contributed by atoms with van der Waals surface area (Å²) in [6, 6.07) is -0.814. The van der Waals surface area contributed by atoms with Gasteiger partial charge in [-0.3, -0.25) is 29.7 Å². The highest BCUT2D eigenvalue weighted by atomic mass is 32.2. The van der Waals surface area contributed by atoms with Crippen molar-refractivity contribution >= 4 is 35.4 Å². The van der Waals surface area contributed by atoms with Gasteiger partial charge >= 0.3 is 0 Å². The lowest BCUT2D eigenvalue weighted by atomic mass is 9.81. The molecule has 0 aliphatic carbocycles. The summed E-state index contributed by atoms with van der Waals surface area (Å²) >= 11 is 1.46. The first-order valence-corrected chi connectivity index (χ1v) is 11.6. The zero-order chi connectivity index (χ0) is 23.8. The number of likely N-dealkylation sites (N-methyl/N-ethyl adjacent to an activating group) is 1. The molecule has 1 saturated heterocycles. The van der Waals surface area contributed by atoms with Crippen molar-refractivity contribution in [2.75, 3.05) is 25.9 Å². The molecule has 0 radical (unpaired) electrons. The van der Waals surface area contributed by atoms with Gasteiger partial charge in [0.15, 0.2) is 0 Å². The van der Waals surface area contributed by atoms with Crippen LogP contribution in [0, 0.1) is 23.2 Å². The molecular formula is C20H37N5O5S. The molecule has 0 bridgehead atoms. The second-order valence-electron chi connectivity index (χ2n) is 9.19. The molecule has 0 spiro atoms. The Morgan fingerprint density at radius 2 is 1.74 bits per heavy atom. The topological polar surface area (TPSA) is 149 Å². The van der Waals surface area contributed by atoms with Crippen molar-refractivity contribution in [1.29, 1.82) is 0 Å². The van der Waals surface area contributed by atoms with Gasteiger partial charge in [-0.05, 0) is 17.8 Å². The number of thioether (sulfide) groups is 1. The number of carbonyl (C=O) groups is 4. The van der Waals surface area contributed by atoms with Gasteiger partial charge in [0.05, 0.1) is 11.8 Å². The molecular weight excluding hydrogens is 422 g/mol. The second-order valence-corrected chi connectivity index (χ2v) is 10.4. The normalized spacial score (nSPS) is 19.3. The van der Waals surface area contributed by atoms with Crippen LogP contribution in [0.4, 0.5) is 0 Å². The van der Waals surface area contributed by atoms with E-state index in [0.717, 1.165) is 12.3 Å². The minimum Gasteiger partial charge on any atom is -0.357 e. The van der Waals surface area contributed by atoms with Crippen molar-refractivity contribution in [3.63, 3.8) is 0 Å². The first-order chi connectivity index (χ1) is 14.4. The zero-order valence-corrected chi connectivity index (χ0v) is 20.0. The van der Waals surface area contributed by atoms with E-state index in [4.69, 9.17) is 0 Å². The maximum absolute atomic E-state index is 13.2. The number of carbonyl (C=O) groups excluding carboxylic acids is 4. The number of hydrogen-bond acceptors (Lipinski definition) is 7. The van der Waals surface area contributed by atoms with Gasteiger partial charge < -0.3 is 16.0 Å². The average molecular weight is 460 g/mol. The lowest BCUT2D eigenvalue weighted by molar-refractivity contribution is -0.142. The van der Waals surface area contributed by atoms with Crippen LogP contribution < -0.4 is 26.7 Å². The molecule has 1 aliphatic heterocycles. The summed E-state index contributed by atoms with van der Waals surface area (Å²) in [7, 11) is 1.49. The van der Waals surface area contributed by atoms with E-state index in [-0.39, 0.29) is 24.3 Å². The van der Waals surface area contributed by atoms with Crippen molar-refractivity contribution in [1.82, 2.24) is 26.7 Å². The molecule has 178 valence electrons. The average Bonchev–Trinajstić information content (AvgIpc) is 3.23. The second kappa shape index (κ2) is 12.3. The highest BCUT2D eigenvalue weighted by Crippen LogP contribution is 2.25. The van der Waals surface area contributed by atoms with Crippen molar-refractivity contribution in [3.05, 3.63) is 0 Å². The van der Waals surface area contributed by atoms with Gasteiger partial charge in [0.1, 0.15) is 11.4 Å². The summed E-state index contributed by atoms with van der Waals surface area (Å²) < 4.78 is 0. The highest BCUT2D eigenvalue weighted by molar-refractivity contribution is 8.00. The lowest BCUT2D eigenvalue weighted by Gasteiger charge is -2.33. The van der Waals surface area contributed by atoms with Crippen LogP contribution >= 0.6 is 11.8 Å². The Balaban J connectivity index is 3.07. The Morgan fingerprint density at radius 1 is 1.10 bits per heavy atom. The van der Waals surface area contributed by atoms with Gasteiger partial charge in [-0.2, -0.15) is 0 Å². The number of hydrogen-bond donors (Lipinski definition) is 6. The predicted octanol–water partition coefficient (Wildman–Crippen LogP) is -0.174. The number of rotatable bonds is 10. The third-order valence-electron chi connectivity index (χ3n) is 5.11. The summed E-state index contributed by atoms with van der Waals surface area (Å²) in [5.41, 5.74) is 1.05. The van der Waals surface area contributed by atoms with E-state index in [1.807, 2.05) is 34.6 Å². The van der Waals surface area contributed by atoms with Crippen molar-refractivity contribution in [2.24, 2.45) is 23.2 Å². The van der Waals surface area contributed by atoms with Crippen LogP contribution in [-0.4, -0.2) is 66.1 Å². The summed E-state index contributed by atoms with van der Waals surface area (Å²) in [6.45, 7) is 9.90. The molecule has 0 aromatic heterocycles. The Hall–Kier alpha value is -1.85. The van der Waals surface area contributed by atoms with Crippen molar-refractivity contribution < 1.29 is 24.4 Å². The molecule has 4 amide bonds. The Labute approximate surface area is 188 Å². The first kappa shape index (κ1) is 27.2. The molecule has 31 heavy (non-hydrogen) atoms. The fourth-order valence-electron chi connectivity index (χ4n) is 3.43. The lowest BCUT2D eigenvalue weighted by Crippen LogP contribution is -2.56. The largest absolute Gasteiger partial charge is 0.357 e. The minimum absolute atomic E-state index is 0.0561. The molecule has 0 saturated carbocycles. The maximum atomic E-state index is 13.2. The third kappa shape index (κ3) is 8.30. The molecule has 1 heterocycles. The fourth-order valence-corrected chi connectivity index (χ4v) is 4.37. The summed E-state index contributed by atoms with van der Waals surface area (Å²) in [4.78, 5) is 50.4. The van der Waals surface area contributed by atoms with Crippen LogP contribution in [0.3, 0.4) is 0 Å². The van der Waals surface area contributed by atoms with E-state index < -0.39 is 40.5 Å². The minimum atomic E-state index is -1.01. The Bertz CT molecular complexity index is 646. The molecule has 1 aliphatic rings. The van der Waals surface area contributed by atoms with Crippen LogP contribution in [0.15, 0.2) is 0 Å². The van der Waals surface area contributed by atoms with Gasteiger partial charge in [-0.1, -0.05) is 34.6 Å². The molecule has 11 heteroatoms. The SMILES string of the molecule is CNC(=O)[C@@H](NC(=O)[C@H](CC(C)C)[C@H](CNC(=O)C1NCCS1)C(=O)NO)C(C)(C)C. The van der Waals surface area contributed by atoms with Gasteiger partial charge in [-0.25, -0.2) is 5.48 Å². The third-order valence-corrected chi connectivity index (χ3v) is 6.26. The molecule has 1 rings (SSSR count). The molecule has 1 unspecified atom stereocenters. The summed E-state index contributed by atoms with van der Waals surface area (Å²) in [5.74, 6) is -2.86. The van der Waals surface area contributed by atoms with E-state index in [2.05, 4.69) is 21.3 Å². The van der Waals surface area contributed by atoms with Crippen LogP contribution in [0.5, 0.6) is 0 Å². The van der Waals surface area contributed by atoms with Crippen molar-refractivity contribution in [2.45, 2.75) is 52.5 Å². The first-order valence-electron chi connectivity index (χ1n) is 10.5. The zero-order valence-electron chi connectivity index (χ0n) is 19.2. The number of amides is 4. The van der Waals surface area contributed by atoms with E-state index in [9.17, 15) is 24.4 Å². The molecule has 10 nitrogen and oxygen atoms in total. The predicted molar refractivity (Wildman–Crippen MR) is 119 cm³/mol. The standard InChI is InChI=1S/C20H37N5O5S/c1-11(2)9-12(15(26)24-14(17(28)21-6)20(3,4)5)13(16(27)25-30)10-23-18(29)19-22-7-8-31-19/h11-14,19,22,30H,7-10H2,1-6H3,(H,21,28)(H,23,29)(H,24,26)(H,25,27)/t12-,13+,14-,19?/m1/s1. The van der Waals surface area contributed by atoms with Gasteiger partial charge in [0.25, 0.3) is 0 Å². The molecule has 0 aromatic rings. The van der Waals surface area contributed by atoms with Gasteiger partial charge in [0, 0.05) is 25.9 Å². The van der Waals surface area contributed by atoms with Crippen LogP contribution in [0.2, 0.25) is 0 Å². The summed E-state index contributed by atoms with van der Waals surface area (Å²) in [5, 5.41) is 19.9. The van der Waals surface area contributed by atoms with E-state index in [1.54, 1.807) is 5.48 Å². The van der Waals surface area contributed by atoms with E-state index in [1.165, 1.54) is 18.8 Å². The van der Waals surface area contributed by atoms with Crippen LogP contribution in [0.1, 0.15) is 41.0 Å². The fraction of sp³-hybridized carbons (Fsp3) is 0.800. The number of hydroxylamine groups is 1. The Kier molecular flexibility index (Phi) is 10.7. The van der Waals surface area contributed by atoms with E-state index >= 15 is 0 Å².